The molecule has 0 unspecified atom stereocenters. The molecule has 0 saturated carbocycles. The maximum Gasteiger partial charge on any atom is 0.291 e. The predicted molar refractivity (Wildman–Crippen MR) is 65.8 cm³/mol. The number of rotatable bonds is 2. The van der Waals surface area contributed by atoms with Gasteiger partial charge in [0, 0.05) is 5.69 Å². The Labute approximate surface area is 110 Å². The molecule has 2 aromatic rings. The Morgan fingerprint density at radius 1 is 1.35 bits per heavy atom. The van der Waals surface area contributed by atoms with Gasteiger partial charge in [-0.3, -0.25) is 4.79 Å². The minimum atomic E-state index is -0.593. The Morgan fingerprint density at radius 2 is 2.12 bits per heavy atom. The molecule has 1 N–H and O–H groups in total. The molecule has 3 nitrogen and oxygen atoms in total. The zero-order valence-electron chi connectivity index (χ0n) is 8.34. The van der Waals surface area contributed by atoms with Gasteiger partial charge in [-0.1, -0.05) is 11.6 Å². The molecule has 2 rings (SSSR count). The van der Waals surface area contributed by atoms with Crippen LogP contribution in [0.2, 0.25) is 5.02 Å². The minimum absolute atomic E-state index is 0.00346. The van der Waals surface area contributed by atoms with Gasteiger partial charge in [-0.2, -0.15) is 0 Å². The molecule has 0 aliphatic carbocycles. The van der Waals surface area contributed by atoms with E-state index in [1.165, 1.54) is 18.2 Å². The van der Waals surface area contributed by atoms with Crippen molar-refractivity contribution in [1.82, 2.24) is 0 Å². The summed E-state index contributed by atoms with van der Waals surface area (Å²) in [6, 6.07) is 7.10. The predicted octanol–water partition coefficient (Wildman–Crippen LogP) is 4.09. The molecule has 1 heterocycles. The number of carbonyl (C=O) groups excluding carboxylic acids is 1. The molecule has 0 saturated heterocycles. The number of hydrogen-bond donors (Lipinski definition) is 1. The smallest absolute Gasteiger partial charge is 0.291 e. The number of carbonyl (C=O) groups is 1. The summed E-state index contributed by atoms with van der Waals surface area (Å²) in [5, 5.41) is 2.49. The van der Waals surface area contributed by atoms with Crippen LogP contribution in [0.1, 0.15) is 10.6 Å². The first-order valence-corrected chi connectivity index (χ1v) is 5.75. The van der Waals surface area contributed by atoms with Crippen molar-refractivity contribution in [1.29, 1.82) is 0 Å². The molecule has 17 heavy (non-hydrogen) atoms. The van der Waals surface area contributed by atoms with Crippen molar-refractivity contribution in [3.05, 3.63) is 51.6 Å². The molecular formula is C11H6BrClFNO2. The largest absolute Gasteiger partial charge is 0.444 e. The first-order chi connectivity index (χ1) is 8.06. The average Bonchev–Trinajstić information content (AvgIpc) is 2.70. The molecule has 0 bridgehead atoms. The van der Waals surface area contributed by atoms with E-state index in [0.29, 0.717) is 10.4 Å². The van der Waals surface area contributed by atoms with Gasteiger partial charge in [-0.25, -0.2) is 4.39 Å². The van der Waals surface area contributed by atoms with Crippen molar-refractivity contribution in [2.24, 2.45) is 0 Å². The van der Waals surface area contributed by atoms with E-state index in [2.05, 4.69) is 21.2 Å². The fourth-order valence-corrected chi connectivity index (χ4v) is 1.63. The standard InChI is InChI=1S/C11H6BrClFNO2/c12-10-4-3-9(17-10)11(16)15-6-1-2-7(13)8(14)5-6/h1-5H,(H,15,16). The van der Waals surface area contributed by atoms with E-state index >= 15 is 0 Å². The summed E-state index contributed by atoms with van der Waals surface area (Å²) in [4.78, 5) is 11.6. The Balaban J connectivity index is 2.15. The van der Waals surface area contributed by atoms with Crippen molar-refractivity contribution in [2.75, 3.05) is 5.32 Å². The SMILES string of the molecule is O=C(Nc1ccc(Cl)c(F)c1)c1ccc(Br)o1. The lowest BCUT2D eigenvalue weighted by molar-refractivity contribution is 0.0995. The van der Waals surface area contributed by atoms with Crippen LogP contribution in [0.4, 0.5) is 10.1 Å². The molecule has 0 radical (unpaired) electrons. The third-order valence-corrected chi connectivity index (χ3v) is 2.71. The second-order valence-corrected chi connectivity index (χ2v) is 4.38. The van der Waals surface area contributed by atoms with Gasteiger partial charge in [0.2, 0.25) is 0 Å². The van der Waals surface area contributed by atoms with Crippen LogP contribution in [0.5, 0.6) is 0 Å². The van der Waals surface area contributed by atoms with Crippen LogP contribution in [0.15, 0.2) is 39.4 Å². The highest BCUT2D eigenvalue weighted by Crippen LogP contribution is 2.20. The normalized spacial score (nSPS) is 10.3. The molecule has 1 aromatic heterocycles. The second-order valence-electron chi connectivity index (χ2n) is 3.19. The van der Waals surface area contributed by atoms with Crippen molar-refractivity contribution in [3.63, 3.8) is 0 Å². The summed E-state index contributed by atoms with van der Waals surface area (Å²) in [6.45, 7) is 0. The first-order valence-electron chi connectivity index (χ1n) is 4.58. The Kier molecular flexibility index (Phi) is 3.49. The van der Waals surface area contributed by atoms with Crippen LogP contribution < -0.4 is 5.32 Å². The summed E-state index contributed by atoms with van der Waals surface area (Å²) in [7, 11) is 0. The highest BCUT2D eigenvalue weighted by molar-refractivity contribution is 9.10. The number of nitrogens with one attached hydrogen (secondary N) is 1. The zero-order valence-corrected chi connectivity index (χ0v) is 10.7. The first kappa shape index (κ1) is 12.1. The van der Waals surface area contributed by atoms with Gasteiger partial charge in [0.25, 0.3) is 5.91 Å². The quantitative estimate of drug-likeness (QED) is 0.906. The van der Waals surface area contributed by atoms with Gasteiger partial charge in [0.1, 0.15) is 5.82 Å². The zero-order chi connectivity index (χ0) is 12.4. The van der Waals surface area contributed by atoms with Crippen molar-refractivity contribution in [2.45, 2.75) is 0 Å². The highest BCUT2D eigenvalue weighted by Gasteiger charge is 2.11. The second kappa shape index (κ2) is 4.89. The van der Waals surface area contributed by atoms with E-state index in [9.17, 15) is 9.18 Å². The van der Waals surface area contributed by atoms with Gasteiger partial charge in [-0.05, 0) is 46.3 Å². The maximum absolute atomic E-state index is 13.1. The van der Waals surface area contributed by atoms with Gasteiger partial charge in [0.05, 0.1) is 5.02 Å². The molecule has 0 fully saturated rings. The van der Waals surface area contributed by atoms with E-state index in [0.717, 1.165) is 6.07 Å². The Bertz CT molecular complexity index is 570. The van der Waals surface area contributed by atoms with Gasteiger partial charge < -0.3 is 9.73 Å². The number of halogens is 3. The molecule has 0 atom stereocenters. The van der Waals surface area contributed by atoms with Crippen LogP contribution in [0.25, 0.3) is 0 Å². The molecule has 0 aliphatic rings. The van der Waals surface area contributed by atoms with Crippen molar-refractivity contribution < 1.29 is 13.6 Å². The van der Waals surface area contributed by atoms with Crippen molar-refractivity contribution in [3.8, 4) is 0 Å². The number of furan rings is 1. The fourth-order valence-electron chi connectivity index (χ4n) is 1.20. The lowest BCUT2D eigenvalue weighted by Gasteiger charge is -2.03. The van der Waals surface area contributed by atoms with E-state index in [4.69, 9.17) is 16.0 Å². The molecule has 1 amide bonds. The average molecular weight is 319 g/mol. The van der Waals surface area contributed by atoms with Crippen LogP contribution in [-0.4, -0.2) is 5.91 Å². The summed E-state index contributed by atoms with van der Waals surface area (Å²) in [6.07, 6.45) is 0. The van der Waals surface area contributed by atoms with E-state index in [-0.39, 0.29) is 10.8 Å². The lowest BCUT2D eigenvalue weighted by atomic mass is 10.3. The molecule has 0 aliphatic heterocycles. The van der Waals surface area contributed by atoms with Gasteiger partial charge in [-0.15, -0.1) is 0 Å². The summed E-state index contributed by atoms with van der Waals surface area (Å²) in [5.41, 5.74) is 0.310. The van der Waals surface area contributed by atoms with Crippen LogP contribution in [0, 0.1) is 5.82 Å². The lowest BCUT2D eigenvalue weighted by Crippen LogP contribution is -2.10. The number of amides is 1. The summed E-state index contributed by atoms with van der Waals surface area (Å²) >= 11 is 8.61. The van der Waals surface area contributed by atoms with Gasteiger partial charge in [0.15, 0.2) is 10.4 Å². The number of benzene rings is 1. The Morgan fingerprint density at radius 3 is 2.71 bits per heavy atom. The Hall–Kier alpha value is -1.33. The molecule has 1 aromatic carbocycles. The minimum Gasteiger partial charge on any atom is -0.444 e. The summed E-state index contributed by atoms with van der Waals surface area (Å²) in [5.74, 6) is -0.922. The van der Waals surface area contributed by atoms with Crippen LogP contribution >= 0.6 is 27.5 Å². The maximum atomic E-state index is 13.1. The van der Waals surface area contributed by atoms with Crippen LogP contribution in [0.3, 0.4) is 0 Å². The summed E-state index contributed by atoms with van der Waals surface area (Å²) < 4.78 is 18.6. The topological polar surface area (TPSA) is 42.2 Å². The third-order valence-electron chi connectivity index (χ3n) is 1.97. The molecule has 0 spiro atoms. The number of hydrogen-bond acceptors (Lipinski definition) is 2. The highest BCUT2D eigenvalue weighted by atomic mass is 79.9. The monoisotopic (exact) mass is 317 g/mol. The fraction of sp³-hybridized carbons (Fsp3) is 0. The molecule has 6 heteroatoms. The number of anilines is 1. The van der Waals surface area contributed by atoms with E-state index < -0.39 is 11.7 Å². The molecule has 88 valence electrons. The van der Waals surface area contributed by atoms with Crippen LogP contribution in [-0.2, 0) is 0 Å². The van der Waals surface area contributed by atoms with Gasteiger partial charge >= 0.3 is 0 Å². The molecular weight excluding hydrogens is 312 g/mol. The third kappa shape index (κ3) is 2.87. The van der Waals surface area contributed by atoms with E-state index in [1.54, 1.807) is 6.07 Å². The van der Waals surface area contributed by atoms with E-state index in [1.807, 2.05) is 0 Å². The van der Waals surface area contributed by atoms with Crippen molar-refractivity contribution >= 4 is 39.1 Å².